The van der Waals surface area contributed by atoms with Crippen molar-refractivity contribution in [3.05, 3.63) is 46.0 Å². The lowest BCUT2D eigenvalue weighted by atomic mass is 10.3. The van der Waals surface area contributed by atoms with Crippen LogP contribution >= 0.6 is 0 Å². The van der Waals surface area contributed by atoms with E-state index in [2.05, 4.69) is 20.6 Å². The lowest BCUT2D eigenvalue weighted by Gasteiger charge is -2.05. The molecule has 0 fully saturated rings. The summed E-state index contributed by atoms with van der Waals surface area (Å²) in [6.45, 7) is 2.35. The molecule has 0 aliphatic heterocycles. The number of pyridine rings is 1. The summed E-state index contributed by atoms with van der Waals surface area (Å²) in [7, 11) is 1.70. The second-order valence-corrected chi connectivity index (χ2v) is 5.10. The zero-order valence-electron chi connectivity index (χ0n) is 12.9. The van der Waals surface area contributed by atoms with E-state index in [-0.39, 0.29) is 10.6 Å². The van der Waals surface area contributed by atoms with Crippen molar-refractivity contribution in [3.63, 3.8) is 0 Å². The van der Waals surface area contributed by atoms with Gasteiger partial charge in [-0.1, -0.05) is 13.0 Å². The van der Waals surface area contributed by atoms with E-state index in [1.807, 2.05) is 35.7 Å². The molecule has 0 aliphatic carbocycles. The highest BCUT2D eigenvalue weighted by Gasteiger charge is 2.25. The Labute approximate surface area is 132 Å². The second-order valence-electron chi connectivity index (χ2n) is 5.10. The van der Waals surface area contributed by atoms with Crippen LogP contribution < -0.4 is 5.32 Å². The first-order chi connectivity index (χ1) is 11.1. The molecule has 3 aromatic rings. The maximum absolute atomic E-state index is 11.3. The van der Waals surface area contributed by atoms with Crippen LogP contribution in [0.15, 0.2) is 24.4 Å². The molecular formula is C14H17N7O2. The molecule has 1 N–H and O–H groups in total. The third-order valence-electron chi connectivity index (χ3n) is 3.63. The topological polar surface area (TPSA) is 103 Å². The summed E-state index contributed by atoms with van der Waals surface area (Å²) in [4.78, 5) is 10.9. The zero-order valence-corrected chi connectivity index (χ0v) is 12.9. The molecule has 9 nitrogen and oxygen atoms in total. The molecule has 0 saturated carbocycles. The van der Waals surface area contributed by atoms with Crippen molar-refractivity contribution in [1.29, 1.82) is 0 Å². The predicted octanol–water partition coefficient (Wildman–Crippen LogP) is 1.59. The largest absolute Gasteiger partial charge is 0.364 e. The maximum atomic E-state index is 11.3. The number of nitrogens with one attached hydrogen (secondary N) is 1. The summed E-state index contributed by atoms with van der Waals surface area (Å²) in [6.07, 6.45) is 3.00. The van der Waals surface area contributed by atoms with Gasteiger partial charge in [-0.3, -0.25) is 14.5 Å². The number of fused-ring (bicyclic) bond motifs is 1. The Balaban J connectivity index is 1.76. The van der Waals surface area contributed by atoms with Crippen molar-refractivity contribution in [2.45, 2.75) is 19.8 Å². The van der Waals surface area contributed by atoms with E-state index in [1.54, 1.807) is 7.05 Å². The molecule has 3 rings (SSSR count). The molecule has 0 aliphatic rings. The molecule has 0 aromatic carbocycles. The highest BCUT2D eigenvalue weighted by Crippen LogP contribution is 2.28. The van der Waals surface area contributed by atoms with E-state index in [1.165, 1.54) is 4.68 Å². The van der Waals surface area contributed by atoms with Crippen molar-refractivity contribution in [2.24, 2.45) is 7.05 Å². The summed E-state index contributed by atoms with van der Waals surface area (Å²) in [6, 6.07) is 5.69. The fraction of sp³-hybridized carbons (Fsp3) is 0.357. The number of hydrogen-bond donors (Lipinski definition) is 1. The SMILES string of the molecule is CCc1nn(C)c(NCCc2nnc3ccccn23)c1[N+](=O)[O-]. The van der Waals surface area contributed by atoms with Crippen LogP contribution in [0, 0.1) is 10.1 Å². The quantitative estimate of drug-likeness (QED) is 0.547. The number of aryl methyl sites for hydroxylation is 2. The van der Waals surface area contributed by atoms with Gasteiger partial charge in [-0.2, -0.15) is 5.10 Å². The standard InChI is InChI=1S/C14H17N7O2/c1-3-10-13(21(22)23)14(19(2)18-10)15-8-7-12-17-16-11-6-4-5-9-20(11)12/h4-6,9,15H,3,7-8H2,1-2H3. The first-order valence-corrected chi connectivity index (χ1v) is 7.34. The highest BCUT2D eigenvalue weighted by molar-refractivity contribution is 5.59. The second kappa shape index (κ2) is 6.03. The summed E-state index contributed by atoms with van der Waals surface area (Å²) in [5, 5.41) is 26.8. The molecule has 0 radical (unpaired) electrons. The molecule has 0 amide bonds. The summed E-state index contributed by atoms with van der Waals surface area (Å²) >= 11 is 0. The van der Waals surface area contributed by atoms with Crippen LogP contribution in [0.4, 0.5) is 11.5 Å². The van der Waals surface area contributed by atoms with Crippen LogP contribution in [0.3, 0.4) is 0 Å². The van der Waals surface area contributed by atoms with E-state index in [4.69, 9.17) is 0 Å². The molecule has 0 atom stereocenters. The van der Waals surface area contributed by atoms with Crippen molar-refractivity contribution >= 4 is 17.2 Å². The third kappa shape index (κ3) is 2.72. The summed E-state index contributed by atoms with van der Waals surface area (Å²) < 4.78 is 3.41. The minimum absolute atomic E-state index is 0.0427. The molecule has 0 saturated heterocycles. The molecule has 0 spiro atoms. The number of hydrogen-bond acceptors (Lipinski definition) is 6. The van der Waals surface area contributed by atoms with Gasteiger partial charge in [-0.25, -0.2) is 4.68 Å². The fourth-order valence-electron chi connectivity index (χ4n) is 2.55. The third-order valence-corrected chi connectivity index (χ3v) is 3.63. The average Bonchev–Trinajstić information content (AvgIpc) is 3.09. The van der Waals surface area contributed by atoms with E-state index in [0.717, 1.165) is 11.5 Å². The Morgan fingerprint density at radius 2 is 2.17 bits per heavy atom. The molecule has 3 heterocycles. The van der Waals surface area contributed by atoms with Crippen molar-refractivity contribution in [2.75, 3.05) is 11.9 Å². The zero-order chi connectivity index (χ0) is 16.4. The lowest BCUT2D eigenvalue weighted by molar-refractivity contribution is -0.384. The summed E-state index contributed by atoms with van der Waals surface area (Å²) in [5.41, 5.74) is 1.30. The molecule has 23 heavy (non-hydrogen) atoms. The number of nitro groups is 1. The van der Waals surface area contributed by atoms with E-state index >= 15 is 0 Å². The van der Waals surface area contributed by atoms with Crippen molar-refractivity contribution in [1.82, 2.24) is 24.4 Å². The fourth-order valence-corrected chi connectivity index (χ4v) is 2.55. The monoisotopic (exact) mass is 315 g/mol. The first-order valence-electron chi connectivity index (χ1n) is 7.34. The van der Waals surface area contributed by atoms with Gasteiger partial charge in [0.05, 0.1) is 4.92 Å². The van der Waals surface area contributed by atoms with Crippen LogP contribution in [0.25, 0.3) is 5.65 Å². The molecular weight excluding hydrogens is 298 g/mol. The van der Waals surface area contributed by atoms with Gasteiger partial charge in [-0.05, 0) is 18.6 Å². The minimum Gasteiger partial charge on any atom is -0.364 e. The number of rotatable bonds is 6. The van der Waals surface area contributed by atoms with Crippen LogP contribution in [-0.4, -0.2) is 35.8 Å². The van der Waals surface area contributed by atoms with E-state index < -0.39 is 0 Å². The van der Waals surface area contributed by atoms with Gasteiger partial charge in [0, 0.05) is 26.2 Å². The van der Waals surface area contributed by atoms with Crippen LogP contribution in [0.1, 0.15) is 18.4 Å². The Bertz CT molecular complexity index is 852. The molecule has 0 unspecified atom stereocenters. The Morgan fingerprint density at radius 1 is 1.35 bits per heavy atom. The average molecular weight is 315 g/mol. The number of nitrogens with zero attached hydrogens (tertiary/aromatic N) is 6. The van der Waals surface area contributed by atoms with Crippen molar-refractivity contribution < 1.29 is 4.92 Å². The smallest absolute Gasteiger partial charge is 0.333 e. The number of anilines is 1. The number of aromatic nitrogens is 5. The van der Waals surface area contributed by atoms with Gasteiger partial charge in [0.2, 0.25) is 5.82 Å². The minimum atomic E-state index is -0.388. The van der Waals surface area contributed by atoms with E-state index in [0.29, 0.717) is 30.9 Å². The lowest BCUT2D eigenvalue weighted by Crippen LogP contribution is -2.11. The van der Waals surface area contributed by atoms with Gasteiger partial charge in [0.15, 0.2) is 5.65 Å². The van der Waals surface area contributed by atoms with Crippen LogP contribution in [0.5, 0.6) is 0 Å². The van der Waals surface area contributed by atoms with Gasteiger partial charge in [0.1, 0.15) is 11.5 Å². The van der Waals surface area contributed by atoms with Crippen molar-refractivity contribution in [3.8, 4) is 0 Å². The molecule has 3 aromatic heterocycles. The normalized spacial score (nSPS) is 11.0. The van der Waals surface area contributed by atoms with E-state index in [9.17, 15) is 10.1 Å². The molecule has 9 heteroatoms. The molecule has 120 valence electrons. The van der Waals surface area contributed by atoms with Crippen LogP contribution in [-0.2, 0) is 19.9 Å². The highest BCUT2D eigenvalue weighted by atomic mass is 16.6. The predicted molar refractivity (Wildman–Crippen MR) is 84.4 cm³/mol. The van der Waals surface area contributed by atoms with Crippen LogP contribution in [0.2, 0.25) is 0 Å². The Morgan fingerprint density at radius 3 is 2.91 bits per heavy atom. The maximum Gasteiger partial charge on any atom is 0.333 e. The van der Waals surface area contributed by atoms with Gasteiger partial charge < -0.3 is 5.32 Å². The van der Waals surface area contributed by atoms with Gasteiger partial charge in [0.25, 0.3) is 0 Å². The Hall–Kier alpha value is -2.97. The van der Waals surface area contributed by atoms with Gasteiger partial charge in [-0.15, -0.1) is 10.2 Å². The Kier molecular flexibility index (Phi) is 3.92. The first kappa shape index (κ1) is 14.9. The van der Waals surface area contributed by atoms with Gasteiger partial charge >= 0.3 is 5.69 Å². The summed E-state index contributed by atoms with van der Waals surface area (Å²) in [5.74, 6) is 1.22. The molecule has 0 bridgehead atoms.